The minimum Gasteiger partial charge on any atom is -0.507 e. The normalized spacial score (nSPS) is 12.0. The Morgan fingerprint density at radius 2 is 1.28 bits per heavy atom. The number of benzene rings is 5. The van der Waals surface area contributed by atoms with Gasteiger partial charge in [-0.25, -0.2) is 4.98 Å². The van der Waals surface area contributed by atoms with Crippen molar-refractivity contribution in [3.8, 4) is 50.6 Å². The number of aromatic hydroxyl groups is 1. The summed E-state index contributed by atoms with van der Waals surface area (Å²) >= 11 is 0. The maximum absolute atomic E-state index is 10.4. The Morgan fingerprint density at radius 3 is 1.98 bits per heavy atom. The molecule has 0 radical (unpaired) electrons. The fraction of sp³-hybridized carbons (Fsp3) is 0.190. The van der Waals surface area contributed by atoms with Crippen LogP contribution in [-0.2, 0) is 31.9 Å². The van der Waals surface area contributed by atoms with Crippen LogP contribution in [0.5, 0.6) is 5.75 Å². The molecule has 1 N–H and O–H groups in total. The molecule has 0 bridgehead atoms. The van der Waals surface area contributed by atoms with Crippen molar-refractivity contribution < 1.29 is 30.6 Å². The zero-order valence-corrected chi connectivity index (χ0v) is 29.7. The Bertz CT molecular complexity index is 2240. The average molecular weight is 797 g/mol. The van der Waals surface area contributed by atoms with Gasteiger partial charge in [0.05, 0.1) is 11.1 Å². The van der Waals surface area contributed by atoms with Crippen molar-refractivity contribution >= 4 is 22.0 Å². The SMILES string of the molecule is CC(C)(C)c1ccc(-c2ccnc3c(-c4[c-]c(-c5cccc6oc(-c7ccccc7O)nc56)ccc4)cc(C(C)(C)C)cc23)cc1.[Pt]. The summed E-state index contributed by atoms with van der Waals surface area (Å²) in [5.74, 6) is 0.514. The van der Waals surface area contributed by atoms with Gasteiger partial charge < -0.3 is 9.52 Å². The van der Waals surface area contributed by atoms with Crippen LogP contribution < -0.4 is 0 Å². The third kappa shape index (κ3) is 6.15. The summed E-state index contributed by atoms with van der Waals surface area (Å²) in [6.07, 6.45) is 1.91. The van der Waals surface area contributed by atoms with Crippen molar-refractivity contribution in [3.05, 3.63) is 127 Å². The van der Waals surface area contributed by atoms with E-state index in [1.807, 2.05) is 30.5 Å². The molecule has 5 heteroatoms. The molecule has 5 aromatic carbocycles. The second-order valence-corrected chi connectivity index (χ2v) is 14.0. The second kappa shape index (κ2) is 12.2. The Kier molecular flexibility index (Phi) is 8.44. The first-order valence-electron chi connectivity index (χ1n) is 15.7. The van der Waals surface area contributed by atoms with E-state index in [0.717, 1.165) is 44.2 Å². The number of aromatic nitrogens is 2. The molecular formula is C42H37N2O2Pt-. The van der Waals surface area contributed by atoms with E-state index < -0.39 is 0 Å². The van der Waals surface area contributed by atoms with Crippen LogP contribution in [0, 0.1) is 6.07 Å². The fourth-order valence-corrected chi connectivity index (χ4v) is 6.01. The average Bonchev–Trinajstić information content (AvgIpc) is 3.48. The number of para-hydroxylation sites is 2. The van der Waals surface area contributed by atoms with Gasteiger partial charge in [-0.2, -0.15) is 0 Å². The second-order valence-electron chi connectivity index (χ2n) is 14.0. The number of oxazole rings is 1. The number of nitrogens with zero attached hydrogens (tertiary/aromatic N) is 2. The smallest absolute Gasteiger partial charge is 0.230 e. The largest absolute Gasteiger partial charge is 0.507 e. The standard InChI is InChI=1S/C42H37N2O2.Pt/c1-41(2,3)29-19-17-26(18-20-29)31-21-22-43-38-34(24-30(25-35(31)38)42(4,5)6)28-12-9-11-27(23-28)32-14-10-16-37-39(32)44-40(46-37)33-13-7-8-15-36(33)45;/h7-22,24-25,45H,1-6H3;/q-1;. The van der Waals surface area contributed by atoms with Gasteiger partial charge in [0.2, 0.25) is 5.89 Å². The van der Waals surface area contributed by atoms with Gasteiger partial charge in [0, 0.05) is 38.2 Å². The van der Waals surface area contributed by atoms with Gasteiger partial charge >= 0.3 is 0 Å². The molecular weight excluding hydrogens is 760 g/mol. The quantitative estimate of drug-likeness (QED) is 0.180. The number of phenolic OH excluding ortho intramolecular Hbond substituents is 1. The summed E-state index contributed by atoms with van der Waals surface area (Å²) in [6, 6.07) is 38.6. The number of hydrogen-bond donors (Lipinski definition) is 1. The molecule has 7 rings (SSSR count). The van der Waals surface area contributed by atoms with Crippen molar-refractivity contribution in [3.63, 3.8) is 0 Å². The van der Waals surface area contributed by atoms with E-state index in [-0.39, 0.29) is 37.6 Å². The van der Waals surface area contributed by atoms with Crippen LogP contribution in [0.4, 0.5) is 0 Å². The topological polar surface area (TPSA) is 59.2 Å². The summed E-state index contributed by atoms with van der Waals surface area (Å²) < 4.78 is 6.11. The molecule has 7 aromatic rings. The summed E-state index contributed by atoms with van der Waals surface area (Å²) in [5, 5.41) is 11.6. The molecule has 0 fully saturated rings. The summed E-state index contributed by atoms with van der Waals surface area (Å²) in [4.78, 5) is 9.78. The van der Waals surface area contributed by atoms with Crippen LogP contribution in [0.2, 0.25) is 0 Å². The summed E-state index contributed by atoms with van der Waals surface area (Å²) in [7, 11) is 0. The van der Waals surface area contributed by atoms with E-state index >= 15 is 0 Å². The molecule has 2 heterocycles. The fourth-order valence-electron chi connectivity index (χ4n) is 6.01. The molecule has 0 aliphatic heterocycles. The molecule has 4 nitrogen and oxygen atoms in total. The third-order valence-electron chi connectivity index (χ3n) is 8.70. The van der Waals surface area contributed by atoms with Crippen molar-refractivity contribution in [2.75, 3.05) is 0 Å². The van der Waals surface area contributed by atoms with Crippen molar-refractivity contribution in [1.29, 1.82) is 0 Å². The third-order valence-corrected chi connectivity index (χ3v) is 8.70. The molecule has 0 amide bonds. The summed E-state index contributed by atoms with van der Waals surface area (Å²) in [6.45, 7) is 13.5. The monoisotopic (exact) mass is 796 g/mol. The molecule has 2 aromatic heterocycles. The van der Waals surface area contributed by atoms with Crippen LogP contribution in [0.25, 0.3) is 66.8 Å². The molecule has 0 aliphatic rings. The minimum absolute atomic E-state index is 0. The van der Waals surface area contributed by atoms with E-state index in [1.54, 1.807) is 18.2 Å². The molecule has 0 unspecified atom stereocenters. The number of pyridine rings is 1. The molecule has 0 atom stereocenters. The summed E-state index contributed by atoms with van der Waals surface area (Å²) in [5.41, 5.74) is 11.6. The number of fused-ring (bicyclic) bond motifs is 2. The van der Waals surface area contributed by atoms with E-state index in [4.69, 9.17) is 14.4 Å². The van der Waals surface area contributed by atoms with Gasteiger partial charge in [-0.3, -0.25) is 4.98 Å². The van der Waals surface area contributed by atoms with Crippen LogP contribution in [0.15, 0.2) is 114 Å². The Balaban J connectivity index is 0.00000386. The molecule has 0 spiro atoms. The molecule has 47 heavy (non-hydrogen) atoms. The molecule has 0 saturated heterocycles. The molecule has 0 saturated carbocycles. The van der Waals surface area contributed by atoms with Crippen LogP contribution in [0.3, 0.4) is 0 Å². The van der Waals surface area contributed by atoms with Crippen LogP contribution in [-0.4, -0.2) is 15.1 Å². The van der Waals surface area contributed by atoms with Gasteiger partial charge in [0.25, 0.3) is 0 Å². The molecule has 238 valence electrons. The van der Waals surface area contributed by atoms with Gasteiger partial charge in [-0.05, 0) is 63.4 Å². The Morgan fingerprint density at radius 1 is 0.617 bits per heavy atom. The van der Waals surface area contributed by atoms with Crippen molar-refractivity contribution in [2.45, 2.75) is 52.4 Å². The van der Waals surface area contributed by atoms with Crippen LogP contribution >= 0.6 is 0 Å². The maximum Gasteiger partial charge on any atom is 0.230 e. The number of phenols is 1. The van der Waals surface area contributed by atoms with Crippen LogP contribution in [0.1, 0.15) is 52.7 Å². The predicted molar refractivity (Wildman–Crippen MR) is 189 cm³/mol. The Labute approximate surface area is 290 Å². The van der Waals surface area contributed by atoms with Gasteiger partial charge in [0.15, 0.2) is 0 Å². The number of hydrogen-bond acceptors (Lipinski definition) is 4. The first-order valence-corrected chi connectivity index (χ1v) is 15.7. The van der Waals surface area contributed by atoms with Gasteiger partial charge in [0.1, 0.15) is 11.3 Å². The zero-order valence-electron chi connectivity index (χ0n) is 27.5. The molecule has 0 aliphatic carbocycles. The van der Waals surface area contributed by atoms with E-state index in [1.165, 1.54) is 16.7 Å². The zero-order chi connectivity index (χ0) is 32.2. The van der Waals surface area contributed by atoms with Gasteiger partial charge in [-0.1, -0.05) is 107 Å². The van der Waals surface area contributed by atoms with Gasteiger partial charge in [-0.15, -0.1) is 35.4 Å². The minimum atomic E-state index is -0.0739. The Hall–Kier alpha value is -4.53. The number of rotatable bonds is 4. The van der Waals surface area contributed by atoms with Crippen molar-refractivity contribution in [1.82, 2.24) is 9.97 Å². The predicted octanol–water partition coefficient (Wildman–Crippen LogP) is 11.1. The van der Waals surface area contributed by atoms with E-state index in [0.29, 0.717) is 17.0 Å². The van der Waals surface area contributed by atoms with Crippen molar-refractivity contribution in [2.24, 2.45) is 0 Å². The van der Waals surface area contributed by atoms with E-state index in [9.17, 15) is 5.11 Å². The maximum atomic E-state index is 10.4. The first kappa shape index (κ1) is 32.4. The van der Waals surface area contributed by atoms with E-state index in [2.05, 4.69) is 108 Å². The first-order chi connectivity index (χ1) is 22.0.